The Morgan fingerprint density at radius 2 is 1.81 bits per heavy atom. The van der Waals surface area contributed by atoms with E-state index in [-0.39, 0.29) is 28.8 Å². The number of Topliss-reactive ketones (excluding diaryl/α,β-unsaturated/α-hetero) is 2. The van der Waals surface area contributed by atoms with Crippen LogP contribution in [0.25, 0.3) is 0 Å². The monoisotopic (exact) mass is 360 g/mol. The molecular formula is C22H32O4. The summed E-state index contributed by atoms with van der Waals surface area (Å²) in [5, 5.41) is 0. The van der Waals surface area contributed by atoms with Gasteiger partial charge in [0.2, 0.25) is 0 Å². The molecule has 0 spiro atoms. The SMILES string of the molecule is CC(=O)O[C@@H]1CC[C@]2(C)[C@H]3C(=O)C[C@]4(C)C(=O)CC[C@H]4[C@@H]3CC[C@@]2(C)C1. The Bertz CT molecular complexity index is 669. The lowest BCUT2D eigenvalue weighted by atomic mass is 9.40. The lowest BCUT2D eigenvalue weighted by molar-refractivity contribution is -0.186. The van der Waals surface area contributed by atoms with Gasteiger partial charge in [0, 0.05) is 31.1 Å². The van der Waals surface area contributed by atoms with E-state index in [1.54, 1.807) is 0 Å². The van der Waals surface area contributed by atoms with Crippen LogP contribution in [-0.2, 0) is 19.1 Å². The molecule has 0 aromatic carbocycles. The molecule has 4 nitrogen and oxygen atoms in total. The van der Waals surface area contributed by atoms with Crippen molar-refractivity contribution in [3.63, 3.8) is 0 Å². The predicted octanol–water partition coefficient (Wildman–Crippen LogP) is 4.10. The first-order valence-electron chi connectivity index (χ1n) is 10.3. The molecule has 4 rings (SSSR count). The molecule has 4 saturated carbocycles. The number of ketones is 2. The van der Waals surface area contributed by atoms with E-state index in [9.17, 15) is 14.4 Å². The fourth-order valence-electron chi connectivity index (χ4n) is 7.49. The van der Waals surface area contributed by atoms with Crippen LogP contribution in [0.4, 0.5) is 0 Å². The van der Waals surface area contributed by atoms with Gasteiger partial charge in [-0.3, -0.25) is 14.4 Å². The molecule has 0 amide bonds. The van der Waals surface area contributed by atoms with E-state index in [4.69, 9.17) is 4.74 Å². The van der Waals surface area contributed by atoms with Gasteiger partial charge >= 0.3 is 5.97 Å². The van der Waals surface area contributed by atoms with Gasteiger partial charge in [0.25, 0.3) is 0 Å². The zero-order valence-corrected chi connectivity index (χ0v) is 16.6. The van der Waals surface area contributed by atoms with Crippen molar-refractivity contribution >= 4 is 17.5 Å². The first-order valence-corrected chi connectivity index (χ1v) is 10.3. The molecule has 0 heterocycles. The third kappa shape index (κ3) is 2.29. The Labute approximate surface area is 156 Å². The van der Waals surface area contributed by atoms with E-state index in [0.29, 0.717) is 36.2 Å². The Morgan fingerprint density at radius 1 is 1.08 bits per heavy atom. The third-order valence-electron chi connectivity index (χ3n) is 9.06. The predicted molar refractivity (Wildman–Crippen MR) is 97.3 cm³/mol. The number of esters is 1. The quantitative estimate of drug-likeness (QED) is 0.661. The van der Waals surface area contributed by atoms with E-state index in [1.807, 2.05) is 0 Å². The van der Waals surface area contributed by atoms with E-state index < -0.39 is 5.41 Å². The Morgan fingerprint density at radius 3 is 2.50 bits per heavy atom. The first kappa shape index (κ1) is 18.2. The smallest absolute Gasteiger partial charge is 0.302 e. The number of carbonyl (C=O) groups is 3. The highest BCUT2D eigenvalue weighted by Crippen LogP contribution is 2.68. The summed E-state index contributed by atoms with van der Waals surface area (Å²) >= 11 is 0. The summed E-state index contributed by atoms with van der Waals surface area (Å²) in [5.41, 5.74) is -0.424. The van der Waals surface area contributed by atoms with Crippen LogP contribution in [0.2, 0.25) is 0 Å². The highest BCUT2D eigenvalue weighted by molar-refractivity contribution is 5.95. The summed E-state index contributed by atoms with van der Waals surface area (Å²) in [5.74, 6) is 1.24. The van der Waals surface area contributed by atoms with Crippen LogP contribution in [-0.4, -0.2) is 23.6 Å². The minimum Gasteiger partial charge on any atom is -0.463 e. The van der Waals surface area contributed by atoms with Crippen molar-refractivity contribution in [3.05, 3.63) is 0 Å². The highest BCUT2D eigenvalue weighted by Gasteiger charge is 2.66. The minimum atomic E-state index is -0.405. The van der Waals surface area contributed by atoms with Gasteiger partial charge in [0.15, 0.2) is 0 Å². The second-order valence-corrected chi connectivity index (χ2v) is 10.3. The fourth-order valence-corrected chi connectivity index (χ4v) is 7.49. The number of hydrogen-bond donors (Lipinski definition) is 0. The van der Waals surface area contributed by atoms with Gasteiger partial charge in [-0.25, -0.2) is 0 Å². The average Bonchev–Trinajstić information content (AvgIpc) is 2.82. The molecule has 0 saturated heterocycles. The molecule has 0 radical (unpaired) electrons. The van der Waals surface area contributed by atoms with Crippen molar-refractivity contribution in [2.75, 3.05) is 0 Å². The molecule has 7 atom stereocenters. The maximum Gasteiger partial charge on any atom is 0.302 e. The number of carbonyl (C=O) groups excluding carboxylic acids is 3. The van der Waals surface area contributed by atoms with Crippen LogP contribution in [0.1, 0.15) is 79.1 Å². The van der Waals surface area contributed by atoms with Gasteiger partial charge in [0.05, 0.1) is 0 Å². The molecule has 0 N–H and O–H groups in total. The summed E-state index contributed by atoms with van der Waals surface area (Å²) in [6, 6.07) is 0. The van der Waals surface area contributed by atoms with E-state index in [0.717, 1.165) is 38.5 Å². The van der Waals surface area contributed by atoms with Gasteiger partial charge < -0.3 is 4.74 Å². The summed E-state index contributed by atoms with van der Waals surface area (Å²) < 4.78 is 5.54. The lowest BCUT2D eigenvalue weighted by Crippen LogP contribution is -2.61. The molecule has 0 aromatic heterocycles. The zero-order valence-electron chi connectivity index (χ0n) is 16.6. The second-order valence-electron chi connectivity index (χ2n) is 10.3. The molecule has 4 fully saturated rings. The topological polar surface area (TPSA) is 60.4 Å². The van der Waals surface area contributed by atoms with Gasteiger partial charge in [-0.15, -0.1) is 0 Å². The van der Waals surface area contributed by atoms with E-state index in [2.05, 4.69) is 20.8 Å². The first-order chi connectivity index (χ1) is 12.1. The Kier molecular flexibility index (Phi) is 3.95. The largest absolute Gasteiger partial charge is 0.463 e. The molecule has 4 aliphatic carbocycles. The minimum absolute atomic E-state index is 0.0147. The van der Waals surface area contributed by atoms with Crippen LogP contribution in [0, 0.1) is 34.0 Å². The summed E-state index contributed by atoms with van der Waals surface area (Å²) in [6.45, 7) is 8.15. The molecular weight excluding hydrogens is 328 g/mol. The molecule has 0 unspecified atom stereocenters. The van der Waals surface area contributed by atoms with Crippen molar-refractivity contribution in [1.82, 2.24) is 0 Å². The van der Waals surface area contributed by atoms with Gasteiger partial charge in [0.1, 0.15) is 17.7 Å². The summed E-state index contributed by atoms with van der Waals surface area (Å²) in [4.78, 5) is 37.3. The van der Waals surface area contributed by atoms with Crippen LogP contribution >= 0.6 is 0 Å². The van der Waals surface area contributed by atoms with Crippen molar-refractivity contribution in [3.8, 4) is 0 Å². The van der Waals surface area contributed by atoms with Crippen LogP contribution in [0.15, 0.2) is 0 Å². The normalized spacial score (nSPS) is 50.6. The number of rotatable bonds is 1. The van der Waals surface area contributed by atoms with Crippen LogP contribution in [0.3, 0.4) is 0 Å². The van der Waals surface area contributed by atoms with Crippen molar-refractivity contribution in [2.24, 2.45) is 34.0 Å². The van der Waals surface area contributed by atoms with Crippen molar-refractivity contribution in [1.29, 1.82) is 0 Å². The maximum atomic E-state index is 13.3. The lowest BCUT2D eigenvalue weighted by Gasteiger charge is -2.63. The molecule has 4 aliphatic rings. The Balaban J connectivity index is 1.66. The number of hydrogen-bond acceptors (Lipinski definition) is 4. The second kappa shape index (κ2) is 5.65. The molecule has 26 heavy (non-hydrogen) atoms. The summed E-state index contributed by atoms with van der Waals surface area (Å²) in [7, 11) is 0. The number of ether oxygens (including phenoxy) is 1. The van der Waals surface area contributed by atoms with Gasteiger partial charge in [-0.1, -0.05) is 20.8 Å². The van der Waals surface area contributed by atoms with Crippen molar-refractivity contribution < 1.29 is 19.1 Å². The molecule has 0 aromatic rings. The standard InChI is InChI=1S/C22H32O4/c1-13(23)26-14-7-10-22(4)19-15(8-9-20(22,2)11-14)16-5-6-18(25)21(16,3)12-17(19)24/h14-16,19H,5-12H2,1-4H3/t14-,15+,16+,19-,20+,21+,22-/m1/s1. The van der Waals surface area contributed by atoms with Crippen LogP contribution in [0.5, 0.6) is 0 Å². The zero-order chi connectivity index (χ0) is 18.9. The van der Waals surface area contributed by atoms with Crippen LogP contribution < -0.4 is 0 Å². The molecule has 0 bridgehead atoms. The summed E-state index contributed by atoms with van der Waals surface area (Å²) in [6.07, 6.45) is 6.79. The van der Waals surface area contributed by atoms with Gasteiger partial charge in [-0.05, 0) is 61.2 Å². The fraction of sp³-hybridized carbons (Fsp3) is 0.864. The maximum absolute atomic E-state index is 13.3. The third-order valence-corrected chi connectivity index (χ3v) is 9.06. The Hall–Kier alpha value is -1.19. The highest BCUT2D eigenvalue weighted by atomic mass is 16.5. The van der Waals surface area contributed by atoms with E-state index in [1.165, 1.54) is 6.92 Å². The molecule has 144 valence electrons. The van der Waals surface area contributed by atoms with Crippen molar-refractivity contribution in [2.45, 2.75) is 85.2 Å². The van der Waals surface area contributed by atoms with Gasteiger partial charge in [-0.2, -0.15) is 0 Å². The number of fused-ring (bicyclic) bond motifs is 5. The molecule has 0 aliphatic heterocycles. The van der Waals surface area contributed by atoms with E-state index >= 15 is 0 Å². The average molecular weight is 360 g/mol. The molecule has 4 heteroatoms.